The maximum atomic E-state index is 11.4. The first-order valence-corrected chi connectivity index (χ1v) is 8.83. The van der Waals surface area contributed by atoms with Crippen molar-refractivity contribution >= 4 is 23.8 Å². The van der Waals surface area contributed by atoms with E-state index in [2.05, 4.69) is 20.5 Å². The van der Waals surface area contributed by atoms with Crippen LogP contribution in [0.15, 0.2) is 58.4 Å². The summed E-state index contributed by atoms with van der Waals surface area (Å²) in [4.78, 5) is 18.1. The predicted molar refractivity (Wildman–Crippen MR) is 110 cm³/mol. The van der Waals surface area contributed by atoms with Crippen molar-refractivity contribution < 1.29 is 9.47 Å². The zero-order chi connectivity index (χ0) is 19.9. The summed E-state index contributed by atoms with van der Waals surface area (Å²) in [6, 6.07) is 14.3. The van der Waals surface area contributed by atoms with E-state index < -0.39 is 0 Å². The number of rotatable bonds is 7. The summed E-state index contributed by atoms with van der Waals surface area (Å²) in [6.45, 7) is 2.13. The molecule has 0 unspecified atom stereocenters. The first kappa shape index (κ1) is 19.4. The van der Waals surface area contributed by atoms with E-state index in [1.54, 1.807) is 26.3 Å². The van der Waals surface area contributed by atoms with Crippen LogP contribution in [0.25, 0.3) is 0 Å². The van der Waals surface area contributed by atoms with E-state index in [1.165, 1.54) is 6.07 Å². The number of benzene rings is 2. The molecule has 2 N–H and O–H groups in total. The molecule has 7 nitrogen and oxygen atoms in total. The van der Waals surface area contributed by atoms with Gasteiger partial charge in [0, 0.05) is 16.8 Å². The molecule has 0 atom stereocenters. The lowest BCUT2D eigenvalue weighted by molar-refractivity contribution is 0.284. The van der Waals surface area contributed by atoms with Crippen molar-refractivity contribution in [1.29, 1.82) is 0 Å². The molecule has 0 aliphatic rings. The fourth-order valence-corrected chi connectivity index (χ4v) is 2.55. The Kier molecular flexibility index (Phi) is 6.29. The number of nitrogens with zero attached hydrogens (tertiary/aromatic N) is 2. The maximum Gasteiger partial charge on any atom is 0.252 e. The molecule has 0 spiro atoms. The van der Waals surface area contributed by atoms with Gasteiger partial charge in [-0.15, -0.1) is 0 Å². The van der Waals surface area contributed by atoms with Gasteiger partial charge in [-0.05, 0) is 48.4 Å². The Morgan fingerprint density at radius 3 is 2.68 bits per heavy atom. The van der Waals surface area contributed by atoms with Gasteiger partial charge in [0.05, 0.1) is 13.3 Å². The second kappa shape index (κ2) is 9.05. The summed E-state index contributed by atoms with van der Waals surface area (Å²) in [5.41, 5.74) is 4.85. The molecule has 1 heterocycles. The normalized spacial score (nSPS) is 10.8. The first-order chi connectivity index (χ1) is 13.5. The van der Waals surface area contributed by atoms with E-state index in [0.29, 0.717) is 28.8 Å². The second-order valence-electron chi connectivity index (χ2n) is 5.93. The molecule has 0 amide bonds. The highest BCUT2D eigenvalue weighted by Crippen LogP contribution is 2.28. The van der Waals surface area contributed by atoms with Crippen LogP contribution in [-0.2, 0) is 6.61 Å². The van der Waals surface area contributed by atoms with Crippen LogP contribution in [0.2, 0.25) is 5.02 Å². The Labute approximate surface area is 167 Å². The number of hydrogen-bond donors (Lipinski definition) is 2. The molecule has 2 aromatic carbocycles. The number of aryl methyl sites for hydroxylation is 1. The van der Waals surface area contributed by atoms with Crippen LogP contribution in [0.5, 0.6) is 11.5 Å². The first-order valence-electron chi connectivity index (χ1n) is 8.46. The van der Waals surface area contributed by atoms with Crippen molar-refractivity contribution in [3.63, 3.8) is 0 Å². The lowest BCUT2D eigenvalue weighted by atomic mass is 10.2. The molecule has 0 bridgehead atoms. The average Bonchev–Trinajstić information content (AvgIpc) is 2.67. The number of aromatic amines is 1. The molecule has 144 valence electrons. The summed E-state index contributed by atoms with van der Waals surface area (Å²) in [6.07, 6.45) is 1.59. The van der Waals surface area contributed by atoms with Gasteiger partial charge in [-0.3, -0.25) is 9.78 Å². The molecule has 8 heteroatoms. The summed E-state index contributed by atoms with van der Waals surface area (Å²) in [5, 5.41) is 4.77. The molecule has 0 radical (unpaired) electrons. The molecule has 0 saturated heterocycles. The van der Waals surface area contributed by atoms with Crippen molar-refractivity contribution in [3.8, 4) is 11.5 Å². The van der Waals surface area contributed by atoms with Gasteiger partial charge in [-0.25, -0.2) is 10.4 Å². The highest BCUT2D eigenvalue weighted by Gasteiger charge is 2.06. The smallest absolute Gasteiger partial charge is 0.252 e. The van der Waals surface area contributed by atoms with E-state index in [9.17, 15) is 4.79 Å². The molecule has 3 aromatic rings. The summed E-state index contributed by atoms with van der Waals surface area (Å²) in [7, 11) is 1.57. The van der Waals surface area contributed by atoms with E-state index in [0.717, 1.165) is 11.1 Å². The van der Waals surface area contributed by atoms with E-state index in [4.69, 9.17) is 21.1 Å². The minimum atomic E-state index is -0.242. The number of methoxy groups -OCH3 is 1. The summed E-state index contributed by atoms with van der Waals surface area (Å²) >= 11 is 5.89. The molecular formula is C20H19ClN4O3. The number of H-pyrrole nitrogens is 1. The number of hydrazone groups is 1. The molecule has 0 aliphatic carbocycles. The second-order valence-corrected chi connectivity index (χ2v) is 6.37. The van der Waals surface area contributed by atoms with E-state index >= 15 is 0 Å². The third kappa shape index (κ3) is 5.34. The minimum absolute atomic E-state index is 0.242. The molecule has 0 aliphatic heterocycles. The van der Waals surface area contributed by atoms with Gasteiger partial charge in [0.1, 0.15) is 6.61 Å². The number of halogens is 1. The highest BCUT2D eigenvalue weighted by molar-refractivity contribution is 6.30. The van der Waals surface area contributed by atoms with Gasteiger partial charge in [0.2, 0.25) is 5.95 Å². The zero-order valence-electron chi connectivity index (χ0n) is 15.4. The zero-order valence-corrected chi connectivity index (χ0v) is 16.2. The Morgan fingerprint density at radius 2 is 1.96 bits per heavy atom. The van der Waals surface area contributed by atoms with Crippen LogP contribution in [0.3, 0.4) is 0 Å². The standard InChI is InChI=1S/C20H19ClN4O3/c1-13-9-19(26)24-20(23-13)25-22-11-15-5-8-17(18(10-15)27-2)28-12-14-3-6-16(21)7-4-14/h3-11H,12H2,1-2H3,(H2,23,24,25,26). The number of ether oxygens (including phenoxy) is 2. The van der Waals surface area contributed by atoms with Crippen molar-refractivity contribution in [2.45, 2.75) is 13.5 Å². The third-order valence-electron chi connectivity index (χ3n) is 3.75. The van der Waals surface area contributed by atoms with Gasteiger partial charge < -0.3 is 9.47 Å². The maximum absolute atomic E-state index is 11.4. The fourth-order valence-electron chi connectivity index (χ4n) is 2.43. The quantitative estimate of drug-likeness (QED) is 0.467. The summed E-state index contributed by atoms with van der Waals surface area (Å²) < 4.78 is 11.2. The molecule has 0 fully saturated rings. The van der Waals surface area contributed by atoms with Crippen molar-refractivity contribution in [3.05, 3.63) is 80.7 Å². The van der Waals surface area contributed by atoms with Crippen molar-refractivity contribution in [2.24, 2.45) is 5.10 Å². The lowest BCUT2D eigenvalue weighted by Gasteiger charge is -2.11. The van der Waals surface area contributed by atoms with Crippen molar-refractivity contribution in [1.82, 2.24) is 9.97 Å². The predicted octanol–water partition coefficient (Wildman–Crippen LogP) is 3.77. The monoisotopic (exact) mass is 398 g/mol. The largest absolute Gasteiger partial charge is 0.493 e. The highest BCUT2D eigenvalue weighted by atomic mass is 35.5. The number of nitrogens with one attached hydrogen (secondary N) is 2. The third-order valence-corrected chi connectivity index (χ3v) is 4.00. The minimum Gasteiger partial charge on any atom is -0.493 e. The summed E-state index contributed by atoms with van der Waals surface area (Å²) in [5.74, 6) is 1.48. The van der Waals surface area contributed by atoms with Gasteiger partial charge in [-0.2, -0.15) is 5.10 Å². The van der Waals surface area contributed by atoms with Crippen LogP contribution in [0, 0.1) is 6.92 Å². The molecule has 1 aromatic heterocycles. The van der Waals surface area contributed by atoms with Gasteiger partial charge in [-0.1, -0.05) is 23.7 Å². The van der Waals surface area contributed by atoms with Crippen LogP contribution in [-0.4, -0.2) is 23.3 Å². The topological polar surface area (TPSA) is 88.6 Å². The number of anilines is 1. The Balaban J connectivity index is 1.66. The number of hydrogen-bond acceptors (Lipinski definition) is 6. The Hall–Kier alpha value is -3.32. The van der Waals surface area contributed by atoms with E-state index in [-0.39, 0.29) is 11.5 Å². The SMILES string of the molecule is COc1cc(C=NNc2nc(C)cc(=O)[nH]2)ccc1OCc1ccc(Cl)cc1. The molecular weight excluding hydrogens is 380 g/mol. The molecule has 28 heavy (non-hydrogen) atoms. The fraction of sp³-hybridized carbons (Fsp3) is 0.150. The van der Waals surface area contributed by atoms with E-state index in [1.807, 2.05) is 36.4 Å². The van der Waals surface area contributed by atoms with Gasteiger partial charge in [0.25, 0.3) is 5.56 Å². The average molecular weight is 399 g/mol. The van der Waals surface area contributed by atoms with Gasteiger partial charge >= 0.3 is 0 Å². The van der Waals surface area contributed by atoms with Crippen LogP contribution in [0.1, 0.15) is 16.8 Å². The van der Waals surface area contributed by atoms with Crippen LogP contribution >= 0.6 is 11.6 Å². The molecule has 3 rings (SSSR count). The van der Waals surface area contributed by atoms with Crippen molar-refractivity contribution in [2.75, 3.05) is 12.5 Å². The van der Waals surface area contributed by atoms with Gasteiger partial charge in [0.15, 0.2) is 11.5 Å². The Bertz CT molecular complexity index is 1030. The molecule has 0 saturated carbocycles. The van der Waals surface area contributed by atoms with Crippen LogP contribution < -0.4 is 20.5 Å². The lowest BCUT2D eigenvalue weighted by Crippen LogP contribution is -2.10. The number of aromatic nitrogens is 2. The Morgan fingerprint density at radius 1 is 1.18 bits per heavy atom. The van der Waals surface area contributed by atoms with Crippen LogP contribution in [0.4, 0.5) is 5.95 Å².